The second-order valence-corrected chi connectivity index (χ2v) is 15.2. The number of aliphatic hydroxyl groups is 1. The smallest absolute Gasteiger partial charge is 0.255 e. The van der Waals surface area contributed by atoms with Crippen LogP contribution in [0.5, 0.6) is 0 Å². The highest BCUT2D eigenvalue weighted by Gasteiger charge is 2.42. The summed E-state index contributed by atoms with van der Waals surface area (Å²) < 4.78 is 27.8. The number of Topliss-reactive ketones (excluding diaryl/α,β-unsaturated/α-hetero) is 2. The number of nitrogens with zero attached hydrogens (tertiary/aromatic N) is 2. The number of nitrogens with two attached hydrogens (primary N) is 1. The van der Waals surface area contributed by atoms with Crippen LogP contribution in [0.1, 0.15) is 90.9 Å². The van der Waals surface area contributed by atoms with Gasteiger partial charge in [0.1, 0.15) is 17.7 Å². The van der Waals surface area contributed by atoms with E-state index >= 15 is 0 Å². The summed E-state index contributed by atoms with van der Waals surface area (Å²) in [6.07, 6.45) is -1.92. The normalized spacial score (nSPS) is 16.3. The van der Waals surface area contributed by atoms with Crippen LogP contribution in [0.25, 0.3) is 11.1 Å². The largest absolute Gasteiger partial charge is 0.378 e. The number of rotatable bonds is 16. The molecule has 0 aliphatic carbocycles. The van der Waals surface area contributed by atoms with Crippen LogP contribution in [-0.4, -0.2) is 57.5 Å². The molecule has 5 atom stereocenters. The van der Waals surface area contributed by atoms with Gasteiger partial charge in [-0.25, -0.2) is 18.8 Å². The average Bonchev–Trinajstić information content (AvgIpc) is 3.19. The monoisotopic (exact) mass is 747 g/mol. The number of hydrazine groups is 2. The zero-order chi connectivity index (χ0) is 40.0. The minimum atomic E-state index is -2.06. The van der Waals surface area contributed by atoms with Crippen LogP contribution in [0.3, 0.4) is 0 Å². The van der Waals surface area contributed by atoms with Crippen LogP contribution in [0.2, 0.25) is 0 Å². The van der Waals surface area contributed by atoms with Crippen molar-refractivity contribution in [3.05, 3.63) is 89.5 Å². The number of ketones is 2. The first-order chi connectivity index (χ1) is 25.4. The minimum Gasteiger partial charge on any atom is -0.378 e. The van der Waals surface area contributed by atoms with Gasteiger partial charge in [0.2, 0.25) is 17.5 Å². The Balaban J connectivity index is 1.78. The maximum Gasteiger partial charge on any atom is 0.255 e. The maximum absolute atomic E-state index is 14.5. The van der Waals surface area contributed by atoms with Crippen LogP contribution in [-0.2, 0) is 24.0 Å². The number of anilines is 1. The highest BCUT2D eigenvalue weighted by atomic mass is 19.1. The Morgan fingerprint density at radius 3 is 1.96 bits per heavy atom. The molecule has 0 spiro atoms. The van der Waals surface area contributed by atoms with Gasteiger partial charge in [-0.05, 0) is 78.8 Å². The first-order valence-corrected chi connectivity index (χ1v) is 18.3. The molecular formula is C41H51F2N5O6. The highest BCUT2D eigenvalue weighted by molar-refractivity contribution is 6.41. The molecule has 290 valence electrons. The van der Waals surface area contributed by atoms with Crippen LogP contribution in [0, 0.1) is 29.4 Å². The third kappa shape index (κ3) is 9.82. The molecule has 0 bridgehead atoms. The molecule has 4 rings (SSSR count). The molecule has 0 saturated heterocycles. The number of para-hydroxylation sites is 1. The predicted octanol–water partition coefficient (Wildman–Crippen LogP) is 5.52. The molecule has 3 amide bonds. The summed E-state index contributed by atoms with van der Waals surface area (Å²) >= 11 is 0. The predicted molar refractivity (Wildman–Crippen MR) is 201 cm³/mol. The maximum atomic E-state index is 14.5. The number of hydrogen-bond donors (Lipinski definition) is 4. The molecule has 11 nitrogen and oxygen atoms in total. The number of benzene rings is 3. The van der Waals surface area contributed by atoms with Gasteiger partial charge in [-0.15, -0.1) is 5.53 Å². The van der Waals surface area contributed by atoms with E-state index in [-0.39, 0.29) is 42.6 Å². The van der Waals surface area contributed by atoms with Gasteiger partial charge < -0.3 is 16.2 Å². The highest BCUT2D eigenvalue weighted by Crippen LogP contribution is 2.40. The fraction of sp³-hybridized carbons (Fsp3) is 0.439. The van der Waals surface area contributed by atoms with E-state index in [2.05, 4.69) is 10.9 Å². The SMILES string of the molecule is CC(C)C[C@H](NC(=O)[C@@H](O)c1cc(F)cc(F)c1)C(=O)C(=O)[C@H](CC(C)C)N(NN1C(=O)C(C)c2ccccc2-c2ccccc21)C(=O)[C@@H](N)CC(C)C. The quantitative estimate of drug-likeness (QED) is 0.110. The Morgan fingerprint density at radius 1 is 0.815 bits per heavy atom. The summed E-state index contributed by atoms with van der Waals surface area (Å²) in [7, 11) is 0. The zero-order valence-corrected chi connectivity index (χ0v) is 31.8. The first-order valence-electron chi connectivity index (χ1n) is 18.3. The standard InChI is InChI=1S/C41H51F2N5O6/c1-22(2)16-32(44)41(54)48(46-47-34-15-11-10-14-31(34)30-13-9-8-12-29(30)25(7)40(47)53)35(18-24(5)6)38(51)37(50)33(17-23(3)4)45-39(52)36(49)26-19-27(42)21-28(43)20-26/h8-15,19-25,32-33,35-36,46,49H,16-18,44H2,1-7H3,(H,45,52)/t25?,32-,33-,35-,36-/m0/s1. The number of fused-ring (bicyclic) bond motifs is 3. The Morgan fingerprint density at radius 2 is 1.37 bits per heavy atom. The summed E-state index contributed by atoms with van der Waals surface area (Å²) in [5.41, 5.74) is 11.7. The summed E-state index contributed by atoms with van der Waals surface area (Å²) in [5, 5.41) is 15.3. The molecule has 3 aromatic carbocycles. The van der Waals surface area contributed by atoms with E-state index in [1.165, 1.54) is 5.01 Å². The van der Waals surface area contributed by atoms with Crippen LogP contribution >= 0.6 is 0 Å². The number of halogens is 2. The summed E-state index contributed by atoms with van der Waals surface area (Å²) in [5.74, 6) is -7.70. The lowest BCUT2D eigenvalue weighted by Gasteiger charge is -2.38. The lowest BCUT2D eigenvalue weighted by atomic mass is 9.91. The molecule has 0 radical (unpaired) electrons. The summed E-state index contributed by atoms with van der Waals surface area (Å²) in [4.78, 5) is 70.7. The molecule has 0 fully saturated rings. The fourth-order valence-electron chi connectivity index (χ4n) is 6.68. The number of nitrogens with one attached hydrogen (secondary N) is 2. The van der Waals surface area contributed by atoms with Crippen molar-refractivity contribution in [2.24, 2.45) is 23.5 Å². The zero-order valence-electron chi connectivity index (χ0n) is 31.8. The summed E-state index contributed by atoms with van der Waals surface area (Å²) in [6, 6.07) is 12.6. The Hall–Kier alpha value is -4.85. The van der Waals surface area contributed by atoms with Gasteiger partial charge in [-0.2, -0.15) is 0 Å². The molecule has 3 aromatic rings. The van der Waals surface area contributed by atoms with E-state index in [1.54, 1.807) is 46.8 Å². The molecule has 1 aliphatic heterocycles. The number of aliphatic hydroxyl groups excluding tert-OH is 1. The fourth-order valence-corrected chi connectivity index (χ4v) is 6.68. The Bertz CT molecular complexity index is 1850. The topological polar surface area (TPSA) is 162 Å². The van der Waals surface area contributed by atoms with Gasteiger partial charge in [0.25, 0.3) is 11.8 Å². The van der Waals surface area contributed by atoms with Crippen LogP contribution in [0.15, 0.2) is 66.7 Å². The molecule has 13 heteroatoms. The third-order valence-corrected chi connectivity index (χ3v) is 9.28. The van der Waals surface area contributed by atoms with Gasteiger partial charge in [0.15, 0.2) is 6.10 Å². The van der Waals surface area contributed by atoms with E-state index in [0.29, 0.717) is 17.3 Å². The van der Waals surface area contributed by atoms with Crippen molar-refractivity contribution < 1.29 is 37.9 Å². The third-order valence-electron chi connectivity index (χ3n) is 9.28. The van der Waals surface area contributed by atoms with E-state index in [4.69, 9.17) is 5.73 Å². The Labute approximate surface area is 315 Å². The first kappa shape index (κ1) is 41.9. The molecule has 5 N–H and O–H groups in total. The van der Waals surface area contributed by atoms with Crippen molar-refractivity contribution in [2.75, 3.05) is 5.01 Å². The van der Waals surface area contributed by atoms with Gasteiger partial charge in [0, 0.05) is 11.6 Å². The van der Waals surface area contributed by atoms with Crippen molar-refractivity contribution in [3.8, 4) is 11.1 Å². The molecule has 0 saturated carbocycles. The lowest BCUT2D eigenvalue weighted by molar-refractivity contribution is -0.151. The molecule has 1 heterocycles. The van der Waals surface area contributed by atoms with E-state index < -0.39 is 71.1 Å². The van der Waals surface area contributed by atoms with E-state index in [9.17, 15) is 37.9 Å². The van der Waals surface area contributed by atoms with Gasteiger partial charge >= 0.3 is 0 Å². The molecule has 54 heavy (non-hydrogen) atoms. The van der Waals surface area contributed by atoms with Crippen molar-refractivity contribution in [1.29, 1.82) is 0 Å². The second-order valence-electron chi connectivity index (χ2n) is 15.2. The van der Waals surface area contributed by atoms with Crippen LogP contribution < -0.4 is 21.6 Å². The van der Waals surface area contributed by atoms with Crippen molar-refractivity contribution in [2.45, 2.75) is 97.9 Å². The number of hydrogen-bond acceptors (Lipinski definition) is 8. The van der Waals surface area contributed by atoms with Gasteiger partial charge in [-0.1, -0.05) is 84.0 Å². The minimum absolute atomic E-state index is 0.0228. The second kappa shape index (κ2) is 18.0. The number of carbonyl (C=O) groups excluding carboxylic acids is 5. The number of amides is 3. The van der Waals surface area contributed by atoms with Crippen molar-refractivity contribution >= 4 is 35.0 Å². The molecule has 1 aliphatic rings. The lowest BCUT2D eigenvalue weighted by Crippen LogP contribution is -2.65. The molecule has 1 unspecified atom stereocenters. The van der Waals surface area contributed by atoms with Crippen molar-refractivity contribution in [3.63, 3.8) is 0 Å². The Kier molecular flexibility index (Phi) is 14.0. The molecule has 0 aromatic heterocycles. The van der Waals surface area contributed by atoms with Gasteiger partial charge in [-0.3, -0.25) is 24.0 Å². The van der Waals surface area contributed by atoms with Crippen molar-refractivity contribution in [1.82, 2.24) is 15.9 Å². The van der Waals surface area contributed by atoms with E-state index in [0.717, 1.165) is 28.3 Å². The van der Waals surface area contributed by atoms with E-state index in [1.807, 2.05) is 50.2 Å². The molecular weight excluding hydrogens is 696 g/mol. The van der Waals surface area contributed by atoms with Crippen LogP contribution in [0.4, 0.5) is 14.5 Å². The van der Waals surface area contributed by atoms with Gasteiger partial charge in [0.05, 0.1) is 23.7 Å². The number of carbonyl (C=O) groups is 5. The average molecular weight is 748 g/mol. The summed E-state index contributed by atoms with van der Waals surface area (Å²) in [6.45, 7) is 12.6.